The molecule has 2 N–H and O–H groups in total. The Balaban J connectivity index is 1.86. The molecule has 0 aromatic heterocycles. The third kappa shape index (κ3) is 3.48. The van der Waals surface area contributed by atoms with Gasteiger partial charge >= 0.3 is 0 Å². The van der Waals surface area contributed by atoms with E-state index in [4.69, 9.17) is 0 Å². The highest BCUT2D eigenvalue weighted by Crippen LogP contribution is 2.20. The van der Waals surface area contributed by atoms with Crippen LogP contribution in [0.15, 0.2) is 0 Å². The van der Waals surface area contributed by atoms with Gasteiger partial charge in [-0.2, -0.15) is 0 Å². The zero-order valence-corrected chi connectivity index (χ0v) is 12.7. The number of amides is 1. The summed E-state index contributed by atoms with van der Waals surface area (Å²) >= 11 is 0. The minimum atomic E-state index is -0.341. The summed E-state index contributed by atoms with van der Waals surface area (Å²) in [7, 11) is 0. The Kier molecular flexibility index (Phi) is 4.85. The maximum absolute atomic E-state index is 12.3. The van der Waals surface area contributed by atoms with E-state index in [1.54, 1.807) is 0 Å². The summed E-state index contributed by atoms with van der Waals surface area (Å²) in [4.78, 5) is 14.9. The third-order valence-corrected chi connectivity index (χ3v) is 4.72. The molecule has 2 rings (SSSR count). The van der Waals surface area contributed by atoms with Gasteiger partial charge in [-0.15, -0.1) is 0 Å². The second-order valence-corrected chi connectivity index (χ2v) is 6.63. The molecule has 19 heavy (non-hydrogen) atoms. The first kappa shape index (κ1) is 14.8. The van der Waals surface area contributed by atoms with E-state index in [2.05, 4.69) is 29.4 Å². The predicted molar refractivity (Wildman–Crippen MR) is 78.1 cm³/mol. The van der Waals surface area contributed by atoms with Crippen LogP contribution in [0, 0.1) is 5.92 Å². The van der Waals surface area contributed by atoms with Crippen LogP contribution >= 0.6 is 0 Å². The minimum absolute atomic E-state index is 0.176. The van der Waals surface area contributed by atoms with E-state index in [1.807, 2.05) is 6.92 Å². The van der Waals surface area contributed by atoms with Gasteiger partial charge in [0.15, 0.2) is 0 Å². The van der Waals surface area contributed by atoms with Gasteiger partial charge in [-0.25, -0.2) is 0 Å². The van der Waals surface area contributed by atoms with Gasteiger partial charge in [0.25, 0.3) is 0 Å². The lowest BCUT2D eigenvalue weighted by Gasteiger charge is -2.32. The maximum atomic E-state index is 12.3. The lowest BCUT2D eigenvalue weighted by Crippen LogP contribution is -2.54. The Labute approximate surface area is 117 Å². The third-order valence-electron chi connectivity index (χ3n) is 4.72. The molecule has 4 nitrogen and oxygen atoms in total. The standard InChI is InChI=1S/C15H29N3O/c1-12(2)13(18-9-4-5-10-18)11-16-14(19)15(3)7-6-8-17-15/h12-13,17H,4-11H2,1-3H3,(H,16,19). The van der Waals surface area contributed by atoms with Gasteiger partial charge < -0.3 is 10.6 Å². The van der Waals surface area contributed by atoms with Gasteiger partial charge in [0.1, 0.15) is 0 Å². The summed E-state index contributed by atoms with van der Waals surface area (Å²) in [6.07, 6.45) is 4.66. The Morgan fingerprint density at radius 3 is 2.53 bits per heavy atom. The van der Waals surface area contributed by atoms with Gasteiger partial charge in [-0.1, -0.05) is 13.8 Å². The zero-order chi connectivity index (χ0) is 13.9. The smallest absolute Gasteiger partial charge is 0.240 e. The zero-order valence-electron chi connectivity index (χ0n) is 12.7. The van der Waals surface area contributed by atoms with Crippen LogP contribution in [0.2, 0.25) is 0 Å². The van der Waals surface area contributed by atoms with Crippen LogP contribution in [-0.4, -0.2) is 48.6 Å². The van der Waals surface area contributed by atoms with Gasteiger partial charge in [0.05, 0.1) is 5.54 Å². The first-order valence-corrected chi connectivity index (χ1v) is 7.80. The first-order valence-electron chi connectivity index (χ1n) is 7.80. The van der Waals surface area contributed by atoms with Crippen molar-refractivity contribution in [3.8, 4) is 0 Å². The number of hydrogen-bond acceptors (Lipinski definition) is 3. The average molecular weight is 267 g/mol. The predicted octanol–water partition coefficient (Wildman–Crippen LogP) is 1.37. The molecule has 2 heterocycles. The first-order chi connectivity index (χ1) is 9.03. The lowest BCUT2D eigenvalue weighted by molar-refractivity contribution is -0.126. The van der Waals surface area contributed by atoms with Gasteiger partial charge in [-0.05, 0) is 58.2 Å². The molecule has 4 heteroatoms. The molecular formula is C15H29N3O. The van der Waals surface area contributed by atoms with Crippen LogP contribution in [0.1, 0.15) is 46.5 Å². The fourth-order valence-electron chi connectivity index (χ4n) is 3.34. The van der Waals surface area contributed by atoms with E-state index in [0.29, 0.717) is 12.0 Å². The molecule has 2 unspecified atom stereocenters. The van der Waals surface area contributed by atoms with Crippen molar-refractivity contribution in [2.75, 3.05) is 26.2 Å². The fourth-order valence-corrected chi connectivity index (χ4v) is 3.34. The number of likely N-dealkylation sites (tertiary alicyclic amines) is 1. The van der Waals surface area contributed by atoms with E-state index in [-0.39, 0.29) is 11.4 Å². The molecule has 0 aliphatic carbocycles. The molecule has 2 fully saturated rings. The Morgan fingerprint density at radius 2 is 2.00 bits per heavy atom. The second kappa shape index (κ2) is 6.23. The number of carbonyl (C=O) groups excluding carboxylic acids is 1. The quantitative estimate of drug-likeness (QED) is 0.790. The van der Waals surface area contributed by atoms with Crippen LogP contribution in [-0.2, 0) is 4.79 Å². The summed E-state index contributed by atoms with van der Waals surface area (Å²) in [5.74, 6) is 0.762. The van der Waals surface area contributed by atoms with Crippen LogP contribution in [0.5, 0.6) is 0 Å². The molecule has 0 aromatic carbocycles. The van der Waals surface area contributed by atoms with Gasteiger partial charge in [0.2, 0.25) is 5.91 Å². The fraction of sp³-hybridized carbons (Fsp3) is 0.933. The molecule has 2 saturated heterocycles. The molecule has 0 spiro atoms. The molecule has 0 bridgehead atoms. The highest BCUT2D eigenvalue weighted by atomic mass is 16.2. The SMILES string of the molecule is CC(C)C(CNC(=O)C1(C)CCCN1)N1CCCC1. The summed E-state index contributed by atoms with van der Waals surface area (Å²) < 4.78 is 0. The second-order valence-electron chi connectivity index (χ2n) is 6.63. The normalized spacial score (nSPS) is 29.9. The molecule has 1 amide bonds. The Morgan fingerprint density at radius 1 is 1.32 bits per heavy atom. The number of nitrogens with zero attached hydrogens (tertiary/aromatic N) is 1. The highest BCUT2D eigenvalue weighted by molar-refractivity contribution is 5.86. The summed E-state index contributed by atoms with van der Waals surface area (Å²) in [5.41, 5.74) is -0.341. The number of carbonyl (C=O) groups is 1. The van der Waals surface area contributed by atoms with Crippen LogP contribution in [0.4, 0.5) is 0 Å². The van der Waals surface area contributed by atoms with Crippen LogP contribution in [0.3, 0.4) is 0 Å². The molecular weight excluding hydrogens is 238 g/mol. The van der Waals surface area contributed by atoms with Crippen LogP contribution in [0.25, 0.3) is 0 Å². The minimum Gasteiger partial charge on any atom is -0.353 e. The summed E-state index contributed by atoms with van der Waals surface area (Å²) in [6.45, 7) is 10.7. The van der Waals surface area contributed by atoms with Crippen molar-refractivity contribution in [3.63, 3.8) is 0 Å². The van der Waals surface area contributed by atoms with E-state index >= 15 is 0 Å². The maximum Gasteiger partial charge on any atom is 0.240 e. The van der Waals surface area contributed by atoms with E-state index in [9.17, 15) is 4.79 Å². The molecule has 0 aromatic rings. The highest BCUT2D eigenvalue weighted by Gasteiger charge is 2.36. The van der Waals surface area contributed by atoms with Crippen molar-refractivity contribution in [2.24, 2.45) is 5.92 Å². The number of rotatable bonds is 5. The molecule has 0 radical (unpaired) electrons. The number of nitrogens with one attached hydrogen (secondary N) is 2. The van der Waals surface area contributed by atoms with E-state index in [1.165, 1.54) is 25.9 Å². The van der Waals surface area contributed by atoms with Crippen molar-refractivity contribution in [2.45, 2.75) is 58.0 Å². The molecule has 2 aliphatic heterocycles. The van der Waals surface area contributed by atoms with E-state index < -0.39 is 0 Å². The number of hydrogen-bond donors (Lipinski definition) is 2. The van der Waals surface area contributed by atoms with Crippen molar-refractivity contribution < 1.29 is 4.79 Å². The van der Waals surface area contributed by atoms with Gasteiger partial charge in [0, 0.05) is 12.6 Å². The van der Waals surface area contributed by atoms with Crippen LogP contribution < -0.4 is 10.6 Å². The molecule has 2 atom stereocenters. The lowest BCUT2D eigenvalue weighted by atomic mass is 9.98. The van der Waals surface area contributed by atoms with E-state index in [0.717, 1.165) is 25.9 Å². The molecule has 2 aliphatic rings. The molecule has 110 valence electrons. The average Bonchev–Trinajstić information content (AvgIpc) is 3.01. The van der Waals surface area contributed by atoms with Crippen molar-refractivity contribution in [1.29, 1.82) is 0 Å². The van der Waals surface area contributed by atoms with Crippen molar-refractivity contribution in [3.05, 3.63) is 0 Å². The monoisotopic (exact) mass is 267 g/mol. The van der Waals surface area contributed by atoms with Crippen molar-refractivity contribution in [1.82, 2.24) is 15.5 Å². The largest absolute Gasteiger partial charge is 0.353 e. The summed E-state index contributed by atoms with van der Waals surface area (Å²) in [5, 5.41) is 6.51. The van der Waals surface area contributed by atoms with Crippen molar-refractivity contribution >= 4 is 5.91 Å². The topological polar surface area (TPSA) is 44.4 Å². The Hall–Kier alpha value is -0.610. The van der Waals surface area contributed by atoms with Gasteiger partial charge in [-0.3, -0.25) is 9.69 Å². The Bertz CT molecular complexity index is 305. The summed E-state index contributed by atoms with van der Waals surface area (Å²) in [6, 6.07) is 0.483. The molecule has 0 saturated carbocycles.